The Morgan fingerprint density at radius 2 is 1.70 bits per heavy atom. The zero-order valence-electron chi connectivity index (χ0n) is 15.5. The first-order valence-corrected chi connectivity index (χ1v) is 10.6. The van der Waals surface area contributed by atoms with Crippen LogP contribution < -0.4 is 15.4 Å². The molecule has 0 aliphatic carbocycles. The zero-order valence-corrected chi connectivity index (χ0v) is 18.6. The number of primary amides is 1. The Hall–Kier alpha value is -2.42. The molecule has 2 N–H and O–H groups in total. The summed E-state index contributed by atoms with van der Waals surface area (Å²) >= 11 is 15.7. The number of nitrogens with two attached hydrogens (primary N) is 1. The summed E-state index contributed by atoms with van der Waals surface area (Å²) < 4.78 is 11.1. The number of hydrogen-bond donors (Lipinski definition) is 1. The van der Waals surface area contributed by atoms with Gasteiger partial charge in [-0.25, -0.2) is 4.79 Å². The highest BCUT2D eigenvalue weighted by Crippen LogP contribution is 2.38. The maximum absolute atomic E-state index is 12.8. The van der Waals surface area contributed by atoms with E-state index in [1.165, 1.54) is 0 Å². The van der Waals surface area contributed by atoms with Gasteiger partial charge in [0.2, 0.25) is 0 Å². The van der Waals surface area contributed by atoms with Crippen LogP contribution in [0.25, 0.3) is 11.0 Å². The fourth-order valence-corrected chi connectivity index (χ4v) is 4.67. The largest absolute Gasteiger partial charge is 0.425 e. The quantitative estimate of drug-likeness (QED) is 0.537. The topological polar surface area (TPSA) is 89.0 Å². The van der Waals surface area contributed by atoms with Gasteiger partial charge < -0.3 is 24.7 Å². The van der Waals surface area contributed by atoms with Crippen molar-refractivity contribution in [2.24, 2.45) is 5.73 Å². The normalized spacial score (nSPS) is 14.2. The van der Waals surface area contributed by atoms with Crippen molar-refractivity contribution in [3.8, 4) is 5.95 Å². The molecule has 4 rings (SSSR count). The maximum atomic E-state index is 12.8. The Kier molecular flexibility index (Phi) is 5.81. The molecule has 3 aromatic rings. The van der Waals surface area contributed by atoms with Crippen molar-refractivity contribution < 1.29 is 18.7 Å². The van der Waals surface area contributed by atoms with Crippen molar-refractivity contribution in [1.82, 2.24) is 4.90 Å². The summed E-state index contributed by atoms with van der Waals surface area (Å²) in [5, 5.41) is 1.62. The highest BCUT2D eigenvalue weighted by molar-refractivity contribution is 9.10. The lowest BCUT2D eigenvalue weighted by atomic mass is 10.1. The molecule has 1 saturated heterocycles. The lowest BCUT2D eigenvalue weighted by molar-refractivity contribution is 0.0746. The van der Waals surface area contributed by atoms with Crippen molar-refractivity contribution in [3.05, 3.63) is 56.5 Å². The number of anilines is 1. The smallest absolute Gasteiger partial charge is 0.412 e. The van der Waals surface area contributed by atoms with Gasteiger partial charge in [0.25, 0.3) is 11.9 Å². The number of carbonyl (C=O) groups excluding carboxylic acids is 2. The molecule has 1 aromatic heterocycles. The molecule has 0 unspecified atom stereocenters. The van der Waals surface area contributed by atoms with E-state index in [2.05, 4.69) is 20.8 Å². The number of benzene rings is 2. The summed E-state index contributed by atoms with van der Waals surface area (Å²) in [7, 11) is 0. The molecule has 2 amide bonds. The van der Waals surface area contributed by atoms with Crippen molar-refractivity contribution in [2.45, 2.75) is 0 Å². The van der Waals surface area contributed by atoms with E-state index >= 15 is 0 Å². The second-order valence-corrected chi connectivity index (χ2v) is 8.40. The zero-order chi connectivity index (χ0) is 21.4. The van der Waals surface area contributed by atoms with Crippen LogP contribution in [0.15, 0.2) is 45.3 Å². The Labute approximate surface area is 190 Å². The minimum atomic E-state index is -0.938. The van der Waals surface area contributed by atoms with E-state index in [1.54, 1.807) is 35.2 Å². The molecule has 7 nitrogen and oxygen atoms in total. The van der Waals surface area contributed by atoms with E-state index in [4.69, 9.17) is 38.1 Å². The molecule has 30 heavy (non-hydrogen) atoms. The Balaban J connectivity index is 1.49. The predicted octanol–water partition coefficient (Wildman–Crippen LogP) is 4.92. The standard InChI is InChI=1S/C20H16BrCl2N3O4/c21-18-14-10-17(30-20(24)28)29-16(14)2-1-15(18)25-3-5-26(6-4-25)19(27)11-7-12(22)9-13(23)8-11/h1-2,7-10H,3-6H2,(H2,24,28). The third kappa shape index (κ3) is 4.21. The number of furan rings is 1. The van der Waals surface area contributed by atoms with Crippen LogP contribution in [-0.2, 0) is 0 Å². The van der Waals surface area contributed by atoms with Gasteiger partial charge in [-0.1, -0.05) is 23.2 Å². The fourth-order valence-electron chi connectivity index (χ4n) is 3.45. The second kappa shape index (κ2) is 8.37. The van der Waals surface area contributed by atoms with Crippen LogP contribution >= 0.6 is 39.1 Å². The molecule has 2 aromatic carbocycles. The number of amides is 2. The average Bonchev–Trinajstić information content (AvgIpc) is 3.10. The number of hydrogen-bond acceptors (Lipinski definition) is 5. The minimum Gasteiger partial charge on any atom is -0.425 e. The van der Waals surface area contributed by atoms with Crippen LogP contribution in [0, 0.1) is 0 Å². The van der Waals surface area contributed by atoms with Gasteiger partial charge in [0.05, 0.1) is 10.2 Å². The molecule has 10 heteroatoms. The second-order valence-electron chi connectivity index (χ2n) is 6.73. The van der Waals surface area contributed by atoms with E-state index in [9.17, 15) is 9.59 Å². The van der Waals surface area contributed by atoms with Gasteiger partial charge >= 0.3 is 6.09 Å². The van der Waals surface area contributed by atoms with Crippen molar-refractivity contribution in [2.75, 3.05) is 31.1 Å². The van der Waals surface area contributed by atoms with E-state index < -0.39 is 6.09 Å². The first-order chi connectivity index (χ1) is 14.3. The van der Waals surface area contributed by atoms with Gasteiger partial charge in [-0.3, -0.25) is 4.79 Å². The number of rotatable bonds is 3. The highest BCUT2D eigenvalue weighted by atomic mass is 79.9. The SMILES string of the molecule is NC(=O)Oc1cc2c(Br)c(N3CCN(C(=O)c4cc(Cl)cc(Cl)c4)CC3)ccc2o1. The third-order valence-electron chi connectivity index (χ3n) is 4.81. The van der Waals surface area contributed by atoms with Gasteiger partial charge in [-0.15, -0.1) is 0 Å². The van der Waals surface area contributed by atoms with Crippen molar-refractivity contribution in [3.63, 3.8) is 0 Å². The van der Waals surface area contributed by atoms with Crippen LogP contribution in [0.4, 0.5) is 10.5 Å². The molecule has 1 aliphatic heterocycles. The summed E-state index contributed by atoms with van der Waals surface area (Å²) in [6.07, 6.45) is -0.938. The number of fused-ring (bicyclic) bond motifs is 1. The summed E-state index contributed by atoms with van der Waals surface area (Å²) in [6, 6.07) is 10.2. The van der Waals surface area contributed by atoms with E-state index in [0.717, 1.165) is 15.5 Å². The monoisotopic (exact) mass is 511 g/mol. The highest BCUT2D eigenvalue weighted by Gasteiger charge is 2.25. The van der Waals surface area contributed by atoms with Gasteiger partial charge in [-0.05, 0) is 46.3 Å². The molecule has 0 atom stereocenters. The molecule has 2 heterocycles. The molecular weight excluding hydrogens is 497 g/mol. The lowest BCUT2D eigenvalue weighted by Crippen LogP contribution is -2.48. The van der Waals surface area contributed by atoms with Crippen LogP contribution in [0.1, 0.15) is 10.4 Å². The van der Waals surface area contributed by atoms with Crippen LogP contribution in [0.5, 0.6) is 5.95 Å². The molecule has 0 spiro atoms. The van der Waals surface area contributed by atoms with Gasteiger partial charge in [0.15, 0.2) is 0 Å². The first kappa shape index (κ1) is 20.8. The Bertz CT molecular complexity index is 1120. The summed E-state index contributed by atoms with van der Waals surface area (Å²) in [6.45, 7) is 2.39. The number of nitrogens with zero attached hydrogens (tertiary/aromatic N) is 2. The van der Waals surface area contributed by atoms with Crippen LogP contribution in [0.3, 0.4) is 0 Å². The van der Waals surface area contributed by atoms with Crippen LogP contribution in [0.2, 0.25) is 10.0 Å². The Morgan fingerprint density at radius 1 is 1.03 bits per heavy atom. The summed E-state index contributed by atoms with van der Waals surface area (Å²) in [5.41, 5.74) is 7.03. The lowest BCUT2D eigenvalue weighted by Gasteiger charge is -2.36. The third-order valence-corrected chi connectivity index (χ3v) is 6.08. The average molecular weight is 513 g/mol. The number of carbonyl (C=O) groups is 2. The van der Waals surface area contributed by atoms with Gasteiger partial charge in [-0.2, -0.15) is 0 Å². The van der Waals surface area contributed by atoms with E-state index in [-0.39, 0.29) is 11.9 Å². The molecule has 0 bridgehead atoms. The molecule has 0 radical (unpaired) electrons. The van der Waals surface area contributed by atoms with Gasteiger partial charge in [0, 0.05) is 53.2 Å². The van der Waals surface area contributed by atoms with E-state index in [0.29, 0.717) is 47.4 Å². The number of halogens is 3. The Morgan fingerprint density at radius 3 is 2.33 bits per heavy atom. The van der Waals surface area contributed by atoms with Gasteiger partial charge in [0.1, 0.15) is 5.58 Å². The minimum absolute atomic E-state index is 0.0333. The van der Waals surface area contributed by atoms with Crippen molar-refractivity contribution in [1.29, 1.82) is 0 Å². The van der Waals surface area contributed by atoms with Crippen LogP contribution in [-0.4, -0.2) is 43.1 Å². The maximum Gasteiger partial charge on any atom is 0.412 e. The molecule has 156 valence electrons. The molecule has 1 fully saturated rings. The molecule has 0 saturated carbocycles. The summed E-state index contributed by atoms with van der Waals surface area (Å²) in [4.78, 5) is 27.7. The summed E-state index contributed by atoms with van der Waals surface area (Å²) in [5.74, 6) is -0.0670. The molecular formula is C20H16BrCl2N3O4. The van der Waals surface area contributed by atoms with E-state index in [1.807, 2.05) is 6.07 Å². The molecule has 1 aliphatic rings. The fraction of sp³-hybridized carbons (Fsp3) is 0.200. The predicted molar refractivity (Wildman–Crippen MR) is 119 cm³/mol. The number of piperazine rings is 1. The number of ether oxygens (including phenoxy) is 1. The van der Waals surface area contributed by atoms with Crippen molar-refractivity contribution >= 4 is 67.8 Å². The first-order valence-electron chi connectivity index (χ1n) is 9.01.